The second-order valence-electron chi connectivity index (χ2n) is 7.47. The van der Waals surface area contributed by atoms with Crippen molar-refractivity contribution in [2.75, 3.05) is 13.7 Å². The Morgan fingerprint density at radius 1 is 1.29 bits per heavy atom. The number of halogens is 3. The number of nitrogens with one attached hydrogen (secondary N) is 2. The molecular formula is C22H24ClF2N4O5+. The first kappa shape index (κ1) is 25.2. The molecule has 9 nitrogen and oxygen atoms in total. The smallest absolute Gasteiger partial charge is 0.387 e. The lowest BCUT2D eigenvalue weighted by Crippen LogP contribution is -2.73. The fourth-order valence-electron chi connectivity index (χ4n) is 3.41. The molecule has 2 aromatic rings. The molecule has 0 unspecified atom stereocenters. The molecule has 0 spiro atoms. The summed E-state index contributed by atoms with van der Waals surface area (Å²) in [6.45, 7) is -2.59. The van der Waals surface area contributed by atoms with E-state index < -0.39 is 24.7 Å². The number of carbonyl (C=O) groups excluding carboxylic acids is 2. The van der Waals surface area contributed by atoms with Gasteiger partial charge in [0, 0.05) is 18.1 Å². The number of nitrogen functional groups attached to an aromatic ring is 1. The fraction of sp³-hybridized carbons (Fsp3) is 0.318. The molecule has 2 aromatic carbocycles. The number of rotatable bonds is 9. The first-order valence-electron chi connectivity index (χ1n) is 10.2. The lowest BCUT2D eigenvalue weighted by Gasteiger charge is -2.40. The molecule has 34 heavy (non-hydrogen) atoms. The van der Waals surface area contributed by atoms with Gasteiger partial charge in [0.05, 0.1) is 5.56 Å². The second-order valence-corrected chi connectivity index (χ2v) is 7.91. The molecule has 0 aliphatic carbocycles. The number of likely N-dealkylation sites (tertiary alicyclic amines) is 1. The average molecular weight is 498 g/mol. The number of ether oxygens (including phenoxy) is 1. The summed E-state index contributed by atoms with van der Waals surface area (Å²) >= 11 is 5.89. The molecule has 1 aliphatic heterocycles. The Labute approximate surface area is 199 Å². The van der Waals surface area contributed by atoms with Gasteiger partial charge in [-0.2, -0.15) is 8.78 Å². The lowest BCUT2D eigenvalue weighted by atomic mass is 9.98. The molecule has 1 aliphatic rings. The summed E-state index contributed by atoms with van der Waals surface area (Å²) in [6.07, 6.45) is -1.27. The minimum Gasteiger partial charge on any atom is -0.435 e. The van der Waals surface area contributed by atoms with Crippen molar-refractivity contribution in [3.63, 3.8) is 0 Å². The summed E-state index contributed by atoms with van der Waals surface area (Å²) in [6, 6.07) is 9.84. The largest absolute Gasteiger partial charge is 0.435 e. The third-order valence-corrected chi connectivity index (χ3v) is 5.44. The average Bonchev–Trinajstić information content (AvgIpc) is 2.76. The molecule has 2 atom stereocenters. The quantitative estimate of drug-likeness (QED) is 0.223. The number of benzene rings is 2. The highest BCUT2D eigenvalue weighted by Crippen LogP contribution is 2.29. The van der Waals surface area contributed by atoms with Crippen LogP contribution in [0.1, 0.15) is 29.2 Å². The van der Waals surface area contributed by atoms with Crippen LogP contribution in [0.15, 0.2) is 42.5 Å². The standard InChI is InChI=1S/C22H23ClF2N4O5/c1-33-28-19(26)13-4-2-12(3-5-13)11-27-20(31)17-6-7-29(17)21(32)18(30)14-8-15(23)10-16(9-14)34-22(24)25/h2-5,8-10,17-18,22,30H,6-7,11H2,1H3,(H2,26,28)(H,27,31)/p+1/t17-,18+/m0/s1. The maximum absolute atomic E-state index is 12.7. The Morgan fingerprint density at radius 3 is 2.59 bits per heavy atom. The van der Waals surface area contributed by atoms with Gasteiger partial charge in [-0.25, -0.2) is 0 Å². The van der Waals surface area contributed by atoms with Gasteiger partial charge in [-0.1, -0.05) is 28.9 Å². The van der Waals surface area contributed by atoms with Crippen LogP contribution in [-0.4, -0.2) is 54.0 Å². The molecule has 1 fully saturated rings. The normalized spacial score (nSPS) is 16.6. The van der Waals surface area contributed by atoms with Gasteiger partial charge in [-0.05, 0) is 47.9 Å². The van der Waals surface area contributed by atoms with E-state index in [2.05, 4.69) is 15.2 Å². The molecule has 0 saturated carbocycles. The fourth-order valence-corrected chi connectivity index (χ4v) is 3.65. The molecule has 12 heteroatoms. The van der Waals surface area contributed by atoms with E-state index >= 15 is 0 Å². The molecule has 1 saturated heterocycles. The summed E-state index contributed by atoms with van der Waals surface area (Å²) in [5, 5.41) is 15.8. The first-order valence-corrected chi connectivity index (χ1v) is 10.6. The van der Waals surface area contributed by atoms with Gasteiger partial charge in [0.15, 0.2) is 6.10 Å². The van der Waals surface area contributed by atoms with Crippen LogP contribution >= 0.6 is 11.6 Å². The molecule has 3 rings (SSSR count). The maximum atomic E-state index is 12.7. The monoisotopic (exact) mass is 497 g/mol. The van der Waals surface area contributed by atoms with Crippen molar-refractivity contribution in [3.05, 3.63) is 64.2 Å². The number of nitrogens with two attached hydrogens (primary N) is 1. The van der Waals surface area contributed by atoms with E-state index in [1.54, 1.807) is 24.3 Å². The van der Waals surface area contributed by atoms with E-state index in [4.69, 9.17) is 22.2 Å². The Morgan fingerprint density at radius 2 is 2.00 bits per heavy atom. The van der Waals surface area contributed by atoms with Gasteiger partial charge in [0.2, 0.25) is 5.91 Å². The number of hydrogen-bond acceptors (Lipinski definition) is 5. The van der Waals surface area contributed by atoms with Gasteiger partial charge < -0.3 is 24.9 Å². The second kappa shape index (κ2) is 11.1. The molecular weight excluding hydrogens is 474 g/mol. The van der Waals surface area contributed by atoms with E-state index in [1.165, 1.54) is 18.1 Å². The summed E-state index contributed by atoms with van der Waals surface area (Å²) in [4.78, 5) is 31.3. The minimum atomic E-state index is -3.09. The number of aliphatic hydroxyl groups excluding tert-OH is 1. The van der Waals surface area contributed by atoms with E-state index in [0.29, 0.717) is 17.8 Å². The zero-order valence-corrected chi connectivity index (χ0v) is 18.9. The van der Waals surface area contributed by atoms with E-state index in [9.17, 15) is 23.5 Å². The zero-order chi connectivity index (χ0) is 24.8. The van der Waals surface area contributed by atoms with Crippen molar-refractivity contribution in [2.45, 2.75) is 31.7 Å². The van der Waals surface area contributed by atoms with Crippen LogP contribution in [0.5, 0.6) is 5.75 Å². The highest BCUT2D eigenvalue weighted by atomic mass is 35.5. The van der Waals surface area contributed by atoms with Crippen LogP contribution in [0.3, 0.4) is 0 Å². The number of carbonyl (C=O) groups is 2. The SMILES string of the molecule is CO/[NH+]=C(\N)c1ccc(CNC(=O)[C@@H]2CCN2C(=O)[C@H](O)c2cc(Cl)cc(OC(F)F)c2)cc1. The van der Waals surface area contributed by atoms with Gasteiger partial charge in [0.25, 0.3) is 5.91 Å². The van der Waals surface area contributed by atoms with Crippen LogP contribution in [0.2, 0.25) is 5.02 Å². The van der Waals surface area contributed by atoms with Gasteiger partial charge in [-0.15, -0.1) is 0 Å². The van der Waals surface area contributed by atoms with E-state index in [-0.39, 0.29) is 35.3 Å². The molecule has 182 valence electrons. The number of amides is 2. The lowest BCUT2D eigenvalue weighted by molar-refractivity contribution is -0.744. The van der Waals surface area contributed by atoms with Crippen molar-refractivity contribution in [1.29, 1.82) is 0 Å². The number of hydrogen-bond donors (Lipinski definition) is 4. The van der Waals surface area contributed by atoms with Gasteiger partial charge >= 0.3 is 12.4 Å². The van der Waals surface area contributed by atoms with Crippen molar-refractivity contribution in [2.24, 2.45) is 5.73 Å². The minimum absolute atomic E-state index is 0.0151. The molecule has 2 amide bonds. The van der Waals surface area contributed by atoms with Crippen molar-refractivity contribution < 1.29 is 38.2 Å². The third-order valence-electron chi connectivity index (χ3n) is 5.22. The van der Waals surface area contributed by atoms with E-state index in [0.717, 1.165) is 17.7 Å². The molecule has 0 bridgehead atoms. The summed E-state index contributed by atoms with van der Waals surface area (Å²) in [5.74, 6) is -1.06. The van der Waals surface area contributed by atoms with E-state index in [1.807, 2.05) is 0 Å². The third kappa shape index (κ3) is 6.12. The number of nitrogens with zero attached hydrogens (tertiary/aromatic N) is 1. The topological polar surface area (TPSA) is 128 Å². The highest BCUT2D eigenvalue weighted by molar-refractivity contribution is 6.30. The molecule has 0 aromatic heterocycles. The Balaban J connectivity index is 1.59. The highest BCUT2D eigenvalue weighted by Gasteiger charge is 2.40. The van der Waals surface area contributed by atoms with Crippen LogP contribution < -0.4 is 20.9 Å². The van der Waals surface area contributed by atoms with Gasteiger partial charge in [0.1, 0.15) is 18.9 Å². The predicted molar refractivity (Wildman–Crippen MR) is 118 cm³/mol. The van der Waals surface area contributed by atoms with Crippen molar-refractivity contribution >= 4 is 29.3 Å². The predicted octanol–water partition coefficient (Wildman–Crippen LogP) is 0.239. The molecule has 5 N–H and O–H groups in total. The number of amidine groups is 1. The van der Waals surface area contributed by atoms with Crippen LogP contribution in [-0.2, 0) is 21.0 Å². The van der Waals surface area contributed by atoms with Crippen molar-refractivity contribution in [1.82, 2.24) is 10.2 Å². The van der Waals surface area contributed by atoms with Crippen LogP contribution in [0.25, 0.3) is 0 Å². The van der Waals surface area contributed by atoms with Crippen molar-refractivity contribution in [3.8, 4) is 5.75 Å². The van der Waals surface area contributed by atoms with Crippen LogP contribution in [0, 0.1) is 0 Å². The maximum Gasteiger partial charge on any atom is 0.387 e. The summed E-state index contributed by atoms with van der Waals surface area (Å²) in [7, 11) is 1.44. The first-order chi connectivity index (χ1) is 16.2. The number of aliphatic hydroxyl groups is 1. The van der Waals surface area contributed by atoms with Gasteiger partial charge in [-0.3, -0.25) is 15.3 Å². The molecule has 1 heterocycles. The Bertz CT molecular complexity index is 1070. The summed E-state index contributed by atoms with van der Waals surface area (Å²) < 4.78 is 29.3. The molecule has 0 radical (unpaired) electrons. The Hall–Kier alpha value is -3.44. The summed E-state index contributed by atoms with van der Waals surface area (Å²) in [5.41, 5.74) is 7.30. The zero-order valence-electron chi connectivity index (χ0n) is 18.1. The Kier molecular flexibility index (Phi) is 8.24. The van der Waals surface area contributed by atoms with Crippen LogP contribution in [0.4, 0.5) is 8.78 Å². The number of alkyl halides is 2.